The van der Waals surface area contributed by atoms with Crippen molar-refractivity contribution in [3.8, 4) is 67.5 Å². The summed E-state index contributed by atoms with van der Waals surface area (Å²) in [6, 6.07) is 69.2. The molecular weight excluding hydrogens is 769 g/mol. The fraction of sp³-hybridized carbons (Fsp3) is 0.0345. The normalized spacial score (nSPS) is 14.7. The summed E-state index contributed by atoms with van der Waals surface area (Å²) in [7, 11) is 0. The molecule has 3 aliphatic rings. The van der Waals surface area contributed by atoms with Gasteiger partial charge in [-0.1, -0.05) is 164 Å². The maximum Gasteiger partial charge on any atom is 0.167 e. The second-order valence-electron chi connectivity index (χ2n) is 16.5. The first kappa shape index (κ1) is 35.5. The predicted molar refractivity (Wildman–Crippen MR) is 252 cm³/mol. The maximum absolute atomic E-state index is 6.43. The second kappa shape index (κ2) is 14.2. The van der Waals surface area contributed by atoms with Gasteiger partial charge >= 0.3 is 0 Å². The summed E-state index contributed by atoms with van der Waals surface area (Å²) in [5.74, 6) is 2.13. The molecule has 294 valence electrons. The van der Waals surface area contributed by atoms with Crippen molar-refractivity contribution in [1.82, 2.24) is 19.9 Å². The Bertz CT molecular complexity index is 3560. The summed E-state index contributed by atoms with van der Waals surface area (Å²) in [5, 5.41) is 2.11. The highest BCUT2D eigenvalue weighted by molar-refractivity contribution is 6.09. The van der Waals surface area contributed by atoms with Gasteiger partial charge in [0.1, 0.15) is 11.2 Å². The largest absolute Gasteiger partial charge is 0.455 e. The van der Waals surface area contributed by atoms with Crippen LogP contribution in [0.4, 0.5) is 0 Å². The van der Waals surface area contributed by atoms with Crippen LogP contribution in [0.25, 0.3) is 89.5 Å². The van der Waals surface area contributed by atoms with Crippen LogP contribution in [-0.4, -0.2) is 19.9 Å². The number of nitrogens with zero attached hydrogens (tertiary/aromatic N) is 4. The Kier molecular flexibility index (Phi) is 7.97. The summed E-state index contributed by atoms with van der Waals surface area (Å²) in [6.45, 7) is 0. The highest BCUT2D eigenvalue weighted by atomic mass is 16.3. The van der Waals surface area contributed by atoms with Gasteiger partial charge in [0.2, 0.25) is 0 Å². The molecule has 0 radical (unpaired) electrons. The molecule has 11 aromatic rings. The highest BCUT2D eigenvalue weighted by Gasteiger charge is 2.41. The van der Waals surface area contributed by atoms with E-state index in [0.717, 1.165) is 49.8 Å². The molecule has 8 aromatic carbocycles. The van der Waals surface area contributed by atoms with Gasteiger partial charge in [0.05, 0.1) is 5.56 Å². The first-order chi connectivity index (χ1) is 31.2. The molecule has 5 nitrogen and oxygen atoms in total. The van der Waals surface area contributed by atoms with E-state index in [0.29, 0.717) is 17.5 Å². The molecule has 0 N–H and O–H groups in total. The summed E-state index contributed by atoms with van der Waals surface area (Å²) < 4.78 is 6.43. The standard InChI is InChI=1S/C58H36N4O/c1-2-10-38(11-3-1)56-60-57(62-58(61-56)49-17-8-16-48-43-13-6-7-18-52(43)63-55(48)49)39-25-23-36(24-26-39)41-28-30-47-51(33-41)54-45-15-5-4-14-44(45)53(47)50-32-40(27-29-46(50)54)35-19-21-37(22-20-35)42-12-9-31-59-34-42/h1-34,53-54H. The Morgan fingerprint density at radius 3 is 1.46 bits per heavy atom. The Morgan fingerprint density at radius 1 is 0.333 bits per heavy atom. The van der Waals surface area contributed by atoms with Crippen LogP contribution in [0.2, 0.25) is 0 Å². The number of benzene rings is 8. The zero-order chi connectivity index (χ0) is 41.4. The Balaban J connectivity index is 0.860. The molecule has 63 heavy (non-hydrogen) atoms. The minimum Gasteiger partial charge on any atom is -0.455 e. The van der Waals surface area contributed by atoms with Crippen LogP contribution >= 0.6 is 0 Å². The monoisotopic (exact) mass is 804 g/mol. The van der Waals surface area contributed by atoms with Crippen LogP contribution in [0.15, 0.2) is 211 Å². The topological polar surface area (TPSA) is 64.7 Å². The minimum absolute atomic E-state index is 0.161. The van der Waals surface area contributed by atoms with E-state index in [1.165, 1.54) is 55.6 Å². The third-order valence-corrected chi connectivity index (χ3v) is 13.0. The molecule has 14 rings (SSSR count). The number of para-hydroxylation sites is 2. The van der Waals surface area contributed by atoms with Gasteiger partial charge in [-0.2, -0.15) is 0 Å². The minimum atomic E-state index is 0.161. The summed E-state index contributed by atoms with van der Waals surface area (Å²) in [6.07, 6.45) is 3.73. The molecule has 0 fully saturated rings. The number of pyridine rings is 1. The summed E-state index contributed by atoms with van der Waals surface area (Å²) in [5.41, 5.74) is 19.7. The number of hydrogen-bond acceptors (Lipinski definition) is 5. The van der Waals surface area contributed by atoms with E-state index >= 15 is 0 Å². The van der Waals surface area contributed by atoms with E-state index in [1.807, 2.05) is 79.1 Å². The average molecular weight is 805 g/mol. The van der Waals surface area contributed by atoms with Gasteiger partial charge in [-0.3, -0.25) is 4.98 Å². The second-order valence-corrected chi connectivity index (χ2v) is 16.5. The first-order valence-electron chi connectivity index (χ1n) is 21.4. The molecule has 2 bridgehead atoms. The Hall–Kier alpha value is -8.28. The van der Waals surface area contributed by atoms with Gasteiger partial charge in [-0.05, 0) is 97.1 Å². The van der Waals surface area contributed by atoms with E-state index < -0.39 is 0 Å². The molecule has 0 aliphatic heterocycles. The van der Waals surface area contributed by atoms with E-state index in [4.69, 9.17) is 19.4 Å². The Morgan fingerprint density at radius 2 is 0.825 bits per heavy atom. The van der Waals surface area contributed by atoms with E-state index in [9.17, 15) is 0 Å². The number of rotatable bonds is 6. The third-order valence-electron chi connectivity index (χ3n) is 13.0. The van der Waals surface area contributed by atoms with Crippen LogP contribution < -0.4 is 0 Å². The molecule has 0 spiro atoms. The van der Waals surface area contributed by atoms with Crippen LogP contribution in [0.5, 0.6) is 0 Å². The van der Waals surface area contributed by atoms with Gasteiger partial charge in [0.25, 0.3) is 0 Å². The molecule has 0 saturated heterocycles. The van der Waals surface area contributed by atoms with Gasteiger partial charge in [-0.15, -0.1) is 0 Å². The quantitative estimate of drug-likeness (QED) is 0.167. The lowest BCUT2D eigenvalue weighted by molar-refractivity contribution is 0.669. The molecule has 2 unspecified atom stereocenters. The van der Waals surface area contributed by atoms with E-state index in [-0.39, 0.29) is 11.8 Å². The molecule has 0 saturated carbocycles. The van der Waals surface area contributed by atoms with Crippen molar-refractivity contribution in [2.75, 3.05) is 0 Å². The molecule has 3 aliphatic carbocycles. The van der Waals surface area contributed by atoms with Crippen molar-refractivity contribution < 1.29 is 4.42 Å². The SMILES string of the molecule is c1ccc(-c2nc(-c3ccc(-c4ccc5c(c4)C4c6ccccc6C5c5cc(-c6ccc(-c7cccnc7)cc6)ccc54)cc3)nc(-c3cccc4c3oc3ccccc34)n2)cc1. The van der Waals surface area contributed by atoms with Crippen LogP contribution in [-0.2, 0) is 0 Å². The molecule has 3 aromatic heterocycles. The maximum atomic E-state index is 6.43. The first-order valence-corrected chi connectivity index (χ1v) is 21.4. The highest BCUT2D eigenvalue weighted by Crippen LogP contribution is 2.56. The van der Waals surface area contributed by atoms with E-state index in [2.05, 4.69) is 132 Å². The zero-order valence-corrected chi connectivity index (χ0v) is 34.0. The van der Waals surface area contributed by atoms with Crippen molar-refractivity contribution in [1.29, 1.82) is 0 Å². The number of furan rings is 1. The van der Waals surface area contributed by atoms with Crippen molar-refractivity contribution in [2.45, 2.75) is 11.8 Å². The molecule has 2 atom stereocenters. The molecule has 3 heterocycles. The average Bonchev–Trinajstić information content (AvgIpc) is 3.75. The van der Waals surface area contributed by atoms with Crippen LogP contribution in [0.1, 0.15) is 45.2 Å². The summed E-state index contributed by atoms with van der Waals surface area (Å²) >= 11 is 0. The van der Waals surface area contributed by atoms with Gasteiger partial charge in [0, 0.05) is 46.1 Å². The van der Waals surface area contributed by atoms with Crippen LogP contribution in [0, 0.1) is 0 Å². The fourth-order valence-electron chi connectivity index (χ4n) is 10.0. The molecule has 0 amide bonds. The summed E-state index contributed by atoms with van der Waals surface area (Å²) in [4.78, 5) is 19.5. The Labute approximate surface area is 364 Å². The number of hydrogen-bond donors (Lipinski definition) is 0. The third kappa shape index (κ3) is 5.78. The van der Waals surface area contributed by atoms with Crippen molar-refractivity contribution in [3.05, 3.63) is 240 Å². The smallest absolute Gasteiger partial charge is 0.167 e. The predicted octanol–water partition coefficient (Wildman–Crippen LogP) is 14.2. The molecular formula is C58H36N4O. The number of aromatic nitrogens is 4. The van der Waals surface area contributed by atoms with Gasteiger partial charge < -0.3 is 4.42 Å². The number of fused-ring (bicyclic) bond motifs is 3. The lowest BCUT2D eigenvalue weighted by Crippen LogP contribution is -2.27. The van der Waals surface area contributed by atoms with Crippen molar-refractivity contribution in [3.63, 3.8) is 0 Å². The van der Waals surface area contributed by atoms with Gasteiger partial charge in [-0.25, -0.2) is 15.0 Å². The zero-order valence-electron chi connectivity index (χ0n) is 34.0. The van der Waals surface area contributed by atoms with Crippen molar-refractivity contribution >= 4 is 21.9 Å². The van der Waals surface area contributed by atoms with Gasteiger partial charge in [0.15, 0.2) is 17.5 Å². The van der Waals surface area contributed by atoms with E-state index in [1.54, 1.807) is 0 Å². The lowest BCUT2D eigenvalue weighted by Gasteiger charge is -2.42. The molecule has 5 heteroatoms. The van der Waals surface area contributed by atoms with Crippen LogP contribution in [0.3, 0.4) is 0 Å². The van der Waals surface area contributed by atoms with Crippen molar-refractivity contribution in [2.24, 2.45) is 0 Å². The lowest BCUT2D eigenvalue weighted by atomic mass is 9.60. The fourth-order valence-corrected chi connectivity index (χ4v) is 10.0.